The molecule has 0 radical (unpaired) electrons. The number of benzene rings is 1. The van der Waals surface area contributed by atoms with E-state index in [0.717, 1.165) is 0 Å². The molecule has 0 spiro atoms. The Morgan fingerprint density at radius 2 is 2.00 bits per heavy atom. The average Bonchev–Trinajstić information content (AvgIpc) is 2.26. The van der Waals surface area contributed by atoms with Gasteiger partial charge in [-0.05, 0) is 19.1 Å². The summed E-state index contributed by atoms with van der Waals surface area (Å²) in [7, 11) is 0. The van der Waals surface area contributed by atoms with Crippen molar-refractivity contribution in [3.63, 3.8) is 0 Å². The molecule has 18 heavy (non-hydrogen) atoms. The number of nitrogens with one attached hydrogen (secondary N) is 1. The van der Waals surface area contributed by atoms with Gasteiger partial charge in [-0.25, -0.2) is 4.79 Å². The Balaban J connectivity index is 2.71. The van der Waals surface area contributed by atoms with E-state index in [1.807, 2.05) is 6.92 Å². The largest absolute Gasteiger partial charge is 0.423 e. The van der Waals surface area contributed by atoms with E-state index in [4.69, 9.17) is 4.42 Å². The van der Waals surface area contributed by atoms with Gasteiger partial charge < -0.3 is 9.73 Å². The van der Waals surface area contributed by atoms with Gasteiger partial charge in [0.05, 0.1) is 5.56 Å². The van der Waals surface area contributed by atoms with Crippen molar-refractivity contribution in [3.05, 3.63) is 40.2 Å². The quantitative estimate of drug-likeness (QED) is 0.840. The number of fused-ring (bicyclic) bond motifs is 1. The van der Waals surface area contributed by atoms with Gasteiger partial charge in [0.25, 0.3) is 0 Å². The van der Waals surface area contributed by atoms with Crippen molar-refractivity contribution in [1.29, 1.82) is 0 Å². The molecule has 3 nitrogen and oxygen atoms in total. The molecule has 1 aromatic heterocycles. The Labute approximate surface area is 100 Å². The van der Waals surface area contributed by atoms with Crippen LogP contribution < -0.4 is 10.9 Å². The monoisotopic (exact) mass is 257 g/mol. The predicted molar refractivity (Wildman–Crippen MR) is 61.6 cm³/mol. The Morgan fingerprint density at radius 1 is 1.28 bits per heavy atom. The highest BCUT2D eigenvalue weighted by Gasteiger charge is 2.33. The molecule has 1 N–H and O–H groups in total. The summed E-state index contributed by atoms with van der Waals surface area (Å²) < 4.78 is 43.0. The molecular formula is C12H10F3NO2. The van der Waals surface area contributed by atoms with E-state index in [9.17, 15) is 18.0 Å². The molecule has 0 saturated heterocycles. The lowest BCUT2D eigenvalue weighted by Crippen LogP contribution is -2.11. The van der Waals surface area contributed by atoms with E-state index < -0.39 is 17.4 Å². The topological polar surface area (TPSA) is 42.2 Å². The third-order valence-corrected chi connectivity index (χ3v) is 2.43. The van der Waals surface area contributed by atoms with Crippen LogP contribution in [0.1, 0.15) is 12.5 Å². The number of alkyl halides is 3. The highest BCUT2D eigenvalue weighted by atomic mass is 19.4. The number of anilines is 1. The molecule has 0 unspecified atom stereocenters. The summed E-state index contributed by atoms with van der Waals surface area (Å²) in [5, 5.41) is 2.81. The molecule has 0 atom stereocenters. The average molecular weight is 257 g/mol. The lowest BCUT2D eigenvalue weighted by atomic mass is 10.1. The molecule has 0 aliphatic heterocycles. The summed E-state index contributed by atoms with van der Waals surface area (Å²) in [6, 6.07) is 4.66. The van der Waals surface area contributed by atoms with Gasteiger partial charge in [-0.15, -0.1) is 0 Å². The summed E-state index contributed by atoms with van der Waals surface area (Å²) in [6.45, 7) is 2.47. The zero-order valence-corrected chi connectivity index (χ0v) is 9.47. The second-order valence-corrected chi connectivity index (χ2v) is 3.72. The molecule has 0 aliphatic carbocycles. The first-order chi connectivity index (χ1) is 8.41. The lowest BCUT2D eigenvalue weighted by Gasteiger charge is -2.10. The standard InChI is InChI=1S/C12H10F3NO2/c1-2-16-7-3-4-8-9(12(13,14)15)6-11(17)18-10(8)5-7/h3-6,16H,2H2,1H3. The van der Waals surface area contributed by atoms with Crippen LogP contribution >= 0.6 is 0 Å². The van der Waals surface area contributed by atoms with E-state index in [0.29, 0.717) is 18.3 Å². The van der Waals surface area contributed by atoms with Crippen molar-refractivity contribution in [2.75, 3.05) is 11.9 Å². The van der Waals surface area contributed by atoms with Crippen LogP contribution in [0.3, 0.4) is 0 Å². The molecule has 2 rings (SSSR count). The molecule has 0 amide bonds. The maximum Gasteiger partial charge on any atom is 0.417 e. The molecular weight excluding hydrogens is 247 g/mol. The van der Waals surface area contributed by atoms with Crippen LogP contribution in [0, 0.1) is 0 Å². The van der Waals surface area contributed by atoms with Gasteiger partial charge in [-0.3, -0.25) is 0 Å². The van der Waals surface area contributed by atoms with Crippen LogP contribution in [0.4, 0.5) is 18.9 Å². The predicted octanol–water partition coefficient (Wildman–Crippen LogP) is 3.24. The van der Waals surface area contributed by atoms with E-state index in [2.05, 4.69) is 5.32 Å². The van der Waals surface area contributed by atoms with E-state index in [1.165, 1.54) is 18.2 Å². The van der Waals surface area contributed by atoms with Gasteiger partial charge in [-0.1, -0.05) is 0 Å². The van der Waals surface area contributed by atoms with Crippen LogP contribution in [-0.4, -0.2) is 6.54 Å². The molecule has 6 heteroatoms. The highest BCUT2D eigenvalue weighted by Crippen LogP contribution is 2.34. The minimum Gasteiger partial charge on any atom is -0.423 e. The van der Waals surface area contributed by atoms with Gasteiger partial charge in [0.15, 0.2) is 0 Å². The Bertz CT molecular complexity index is 631. The summed E-state index contributed by atoms with van der Waals surface area (Å²) in [6.07, 6.45) is -4.58. The van der Waals surface area contributed by atoms with Crippen molar-refractivity contribution in [3.8, 4) is 0 Å². The Morgan fingerprint density at radius 3 is 2.61 bits per heavy atom. The molecule has 2 aromatic rings. The SMILES string of the molecule is CCNc1ccc2c(C(F)(F)F)cc(=O)oc2c1. The van der Waals surface area contributed by atoms with E-state index >= 15 is 0 Å². The van der Waals surface area contributed by atoms with Crippen LogP contribution in [0.2, 0.25) is 0 Å². The second kappa shape index (κ2) is 4.36. The van der Waals surface area contributed by atoms with Crippen LogP contribution in [0.25, 0.3) is 11.0 Å². The molecule has 1 aromatic carbocycles. The maximum atomic E-state index is 12.8. The first-order valence-corrected chi connectivity index (χ1v) is 5.31. The first-order valence-electron chi connectivity index (χ1n) is 5.31. The number of hydrogen-bond donors (Lipinski definition) is 1. The van der Waals surface area contributed by atoms with Gasteiger partial charge >= 0.3 is 11.8 Å². The molecule has 0 saturated carbocycles. The van der Waals surface area contributed by atoms with E-state index in [1.54, 1.807) is 0 Å². The fraction of sp³-hybridized carbons (Fsp3) is 0.250. The normalized spacial score (nSPS) is 11.8. The van der Waals surface area contributed by atoms with Gasteiger partial charge in [-0.2, -0.15) is 13.2 Å². The fourth-order valence-electron chi connectivity index (χ4n) is 1.71. The molecule has 1 heterocycles. The third-order valence-electron chi connectivity index (χ3n) is 2.43. The molecule has 0 bridgehead atoms. The smallest absolute Gasteiger partial charge is 0.417 e. The summed E-state index contributed by atoms with van der Waals surface area (Å²) in [5.74, 6) is 0. The number of rotatable bonds is 2. The van der Waals surface area contributed by atoms with Crippen molar-refractivity contribution in [2.24, 2.45) is 0 Å². The zero-order valence-electron chi connectivity index (χ0n) is 9.47. The van der Waals surface area contributed by atoms with Crippen molar-refractivity contribution < 1.29 is 17.6 Å². The van der Waals surface area contributed by atoms with Crippen molar-refractivity contribution in [2.45, 2.75) is 13.1 Å². The fourth-order valence-corrected chi connectivity index (χ4v) is 1.71. The minimum absolute atomic E-state index is 0.0757. The van der Waals surface area contributed by atoms with Crippen LogP contribution in [0.5, 0.6) is 0 Å². The lowest BCUT2D eigenvalue weighted by molar-refractivity contribution is -0.136. The zero-order chi connectivity index (χ0) is 13.3. The molecule has 0 aliphatic rings. The summed E-state index contributed by atoms with van der Waals surface area (Å²) >= 11 is 0. The van der Waals surface area contributed by atoms with Crippen molar-refractivity contribution >= 4 is 16.7 Å². The molecule has 96 valence electrons. The highest BCUT2D eigenvalue weighted by molar-refractivity contribution is 5.83. The van der Waals surface area contributed by atoms with E-state index in [-0.39, 0.29) is 11.0 Å². The van der Waals surface area contributed by atoms with Crippen LogP contribution in [-0.2, 0) is 6.18 Å². The second-order valence-electron chi connectivity index (χ2n) is 3.72. The maximum absolute atomic E-state index is 12.8. The Hall–Kier alpha value is -1.98. The first kappa shape index (κ1) is 12.5. The summed E-state index contributed by atoms with van der Waals surface area (Å²) in [4.78, 5) is 11.1. The third kappa shape index (κ3) is 2.32. The van der Waals surface area contributed by atoms with Gasteiger partial charge in [0.1, 0.15) is 5.58 Å². The van der Waals surface area contributed by atoms with Gasteiger partial charge in [0, 0.05) is 29.8 Å². The molecule has 0 fully saturated rings. The number of halogens is 3. The Kier molecular flexibility index (Phi) is 3.02. The number of hydrogen-bond acceptors (Lipinski definition) is 3. The van der Waals surface area contributed by atoms with Crippen LogP contribution in [0.15, 0.2) is 33.5 Å². The van der Waals surface area contributed by atoms with Gasteiger partial charge in [0.2, 0.25) is 0 Å². The summed E-state index contributed by atoms with van der Waals surface area (Å²) in [5.41, 5.74) is -1.46. The minimum atomic E-state index is -4.58. The van der Waals surface area contributed by atoms with Crippen molar-refractivity contribution in [1.82, 2.24) is 0 Å².